The van der Waals surface area contributed by atoms with Crippen LogP contribution in [-0.2, 0) is 4.74 Å². The smallest absolute Gasteiger partial charge is 0.273 e. The van der Waals surface area contributed by atoms with Crippen molar-refractivity contribution < 1.29 is 14.1 Å². The van der Waals surface area contributed by atoms with Gasteiger partial charge in [-0.25, -0.2) is 4.68 Å². The third-order valence-corrected chi connectivity index (χ3v) is 5.25. The topological polar surface area (TPSA) is 95.1 Å². The number of aromatic nitrogens is 4. The molecule has 138 valence electrons. The summed E-state index contributed by atoms with van der Waals surface area (Å²) in [5.41, 5.74) is 2.32. The fourth-order valence-corrected chi connectivity index (χ4v) is 3.52. The van der Waals surface area contributed by atoms with Gasteiger partial charge in [0.05, 0.1) is 31.1 Å². The maximum Gasteiger partial charge on any atom is 0.273 e. The van der Waals surface area contributed by atoms with Crippen molar-refractivity contribution in [1.82, 2.24) is 25.5 Å². The number of amides is 1. The van der Waals surface area contributed by atoms with Gasteiger partial charge in [-0.2, -0.15) is 0 Å². The van der Waals surface area contributed by atoms with Gasteiger partial charge in [-0.1, -0.05) is 40.7 Å². The van der Waals surface area contributed by atoms with E-state index in [4.69, 9.17) is 9.26 Å². The Morgan fingerprint density at radius 3 is 2.74 bits per heavy atom. The largest absolute Gasteiger partial charge is 0.380 e. The highest BCUT2D eigenvalue weighted by Gasteiger charge is 2.36. The maximum atomic E-state index is 12.4. The van der Waals surface area contributed by atoms with Gasteiger partial charge in [-0.3, -0.25) is 4.79 Å². The number of hydrogen-bond acceptors (Lipinski definition) is 6. The average Bonchev–Trinajstić information content (AvgIpc) is 3.27. The first-order valence-corrected chi connectivity index (χ1v) is 9.09. The van der Waals surface area contributed by atoms with Crippen molar-refractivity contribution in [1.29, 1.82) is 0 Å². The molecular weight excluding hydrogens is 346 g/mol. The molecule has 1 aromatic carbocycles. The highest BCUT2D eigenvalue weighted by molar-refractivity contribution is 5.93. The molecule has 8 nitrogen and oxygen atoms in total. The van der Waals surface area contributed by atoms with E-state index in [1.54, 1.807) is 6.07 Å². The molecule has 8 heteroatoms. The lowest BCUT2D eigenvalue weighted by Crippen LogP contribution is -2.46. The minimum Gasteiger partial charge on any atom is -0.380 e. The second-order valence-corrected chi connectivity index (χ2v) is 7.08. The molecule has 5 rings (SSSR count). The summed E-state index contributed by atoms with van der Waals surface area (Å²) in [5, 5.41) is 15.2. The SMILES string of the molecule is O=C(N[C@H]1C[C@H](n2nncc2C2COC2)C1)c1cc(-c2ccccc2)on1. The molecule has 0 spiro atoms. The van der Waals surface area contributed by atoms with Crippen LogP contribution in [0.2, 0.25) is 0 Å². The van der Waals surface area contributed by atoms with Crippen LogP contribution in [0.1, 0.15) is 41.0 Å². The van der Waals surface area contributed by atoms with Crippen LogP contribution in [0.15, 0.2) is 47.1 Å². The quantitative estimate of drug-likeness (QED) is 0.745. The maximum absolute atomic E-state index is 12.4. The lowest BCUT2D eigenvalue weighted by Gasteiger charge is -2.37. The number of rotatable bonds is 5. The number of nitrogens with one attached hydrogen (secondary N) is 1. The van der Waals surface area contributed by atoms with E-state index in [0.29, 0.717) is 17.4 Å². The molecule has 27 heavy (non-hydrogen) atoms. The van der Waals surface area contributed by atoms with E-state index in [9.17, 15) is 4.79 Å². The Balaban J connectivity index is 1.19. The molecule has 1 aliphatic carbocycles. The normalized spacial score (nSPS) is 22.1. The van der Waals surface area contributed by atoms with Gasteiger partial charge in [0, 0.05) is 23.6 Å². The van der Waals surface area contributed by atoms with Crippen LogP contribution in [0.5, 0.6) is 0 Å². The van der Waals surface area contributed by atoms with Gasteiger partial charge in [0.1, 0.15) is 0 Å². The first-order chi connectivity index (χ1) is 13.3. The van der Waals surface area contributed by atoms with Gasteiger partial charge in [0.25, 0.3) is 5.91 Å². The molecule has 0 radical (unpaired) electrons. The Morgan fingerprint density at radius 1 is 1.19 bits per heavy atom. The molecule has 1 saturated carbocycles. The summed E-state index contributed by atoms with van der Waals surface area (Å²) in [5.74, 6) is 0.762. The molecule has 2 fully saturated rings. The standard InChI is InChI=1S/C19H19N5O3/c25-19(16-8-18(27-22-16)12-4-2-1-3-5-12)21-14-6-15(7-14)24-17(9-20-23-24)13-10-26-11-13/h1-5,8-9,13-15H,6-7,10-11H2,(H,21,25)/t14-,15-. The molecule has 1 saturated heterocycles. The molecule has 0 unspecified atom stereocenters. The first kappa shape index (κ1) is 16.2. The van der Waals surface area contributed by atoms with E-state index in [-0.39, 0.29) is 18.0 Å². The van der Waals surface area contributed by atoms with Crippen LogP contribution < -0.4 is 5.32 Å². The Labute approximate surface area is 155 Å². The van der Waals surface area contributed by atoms with Crippen LogP contribution in [-0.4, -0.2) is 45.3 Å². The minimum absolute atomic E-state index is 0.106. The highest BCUT2D eigenvalue weighted by Crippen LogP contribution is 2.35. The predicted molar refractivity (Wildman–Crippen MR) is 95.0 cm³/mol. The molecule has 1 amide bonds. The predicted octanol–water partition coefficient (Wildman–Crippen LogP) is 2.18. The molecule has 2 aromatic heterocycles. The van der Waals surface area contributed by atoms with E-state index >= 15 is 0 Å². The van der Waals surface area contributed by atoms with Gasteiger partial charge < -0.3 is 14.6 Å². The molecule has 3 aromatic rings. The Hall–Kier alpha value is -3.00. The average molecular weight is 365 g/mol. The summed E-state index contributed by atoms with van der Waals surface area (Å²) in [6, 6.07) is 11.6. The Bertz CT molecular complexity index is 941. The molecular formula is C19H19N5O3. The van der Waals surface area contributed by atoms with Crippen LogP contribution in [0.25, 0.3) is 11.3 Å². The zero-order valence-electron chi connectivity index (χ0n) is 14.6. The summed E-state index contributed by atoms with van der Waals surface area (Å²) >= 11 is 0. The van der Waals surface area contributed by atoms with E-state index < -0.39 is 0 Å². The zero-order valence-corrected chi connectivity index (χ0v) is 14.6. The number of nitrogens with zero attached hydrogens (tertiary/aromatic N) is 4. The fourth-order valence-electron chi connectivity index (χ4n) is 3.52. The summed E-state index contributed by atoms with van der Waals surface area (Å²) in [6.07, 6.45) is 3.48. The van der Waals surface area contributed by atoms with Crippen LogP contribution in [0.4, 0.5) is 0 Å². The van der Waals surface area contributed by atoms with Gasteiger partial charge >= 0.3 is 0 Å². The second-order valence-electron chi connectivity index (χ2n) is 7.08. The molecule has 1 N–H and O–H groups in total. The third kappa shape index (κ3) is 3.02. The number of carbonyl (C=O) groups is 1. The van der Waals surface area contributed by atoms with Crippen molar-refractivity contribution >= 4 is 5.91 Å². The molecule has 3 heterocycles. The van der Waals surface area contributed by atoms with Crippen LogP contribution in [0.3, 0.4) is 0 Å². The van der Waals surface area contributed by atoms with Gasteiger partial charge in [0.2, 0.25) is 0 Å². The van der Waals surface area contributed by atoms with E-state index in [0.717, 1.165) is 37.3 Å². The fraction of sp³-hybridized carbons (Fsp3) is 0.368. The number of carbonyl (C=O) groups excluding carboxylic acids is 1. The van der Waals surface area contributed by atoms with E-state index in [1.165, 1.54) is 0 Å². The van der Waals surface area contributed by atoms with E-state index in [2.05, 4.69) is 20.8 Å². The summed E-state index contributed by atoms with van der Waals surface area (Å²) < 4.78 is 12.5. The first-order valence-electron chi connectivity index (χ1n) is 9.09. The third-order valence-electron chi connectivity index (χ3n) is 5.25. The number of hydrogen-bond donors (Lipinski definition) is 1. The van der Waals surface area contributed by atoms with Gasteiger partial charge in [-0.15, -0.1) is 5.10 Å². The summed E-state index contributed by atoms with van der Waals surface area (Å²) in [4.78, 5) is 12.4. The second kappa shape index (κ2) is 6.62. The van der Waals surface area contributed by atoms with Crippen molar-refractivity contribution in [3.63, 3.8) is 0 Å². The number of benzene rings is 1. The van der Waals surface area contributed by atoms with Crippen LogP contribution in [0, 0.1) is 0 Å². The van der Waals surface area contributed by atoms with Crippen molar-refractivity contribution in [3.05, 3.63) is 54.0 Å². The molecule has 0 bridgehead atoms. The molecule has 1 aliphatic heterocycles. The van der Waals surface area contributed by atoms with Crippen molar-refractivity contribution in [2.24, 2.45) is 0 Å². The molecule has 0 atom stereocenters. The Kier molecular flexibility index (Phi) is 3.97. The van der Waals surface area contributed by atoms with Crippen LogP contribution >= 0.6 is 0 Å². The summed E-state index contributed by atoms with van der Waals surface area (Å²) in [7, 11) is 0. The molecule has 2 aliphatic rings. The lowest BCUT2D eigenvalue weighted by atomic mass is 9.86. The van der Waals surface area contributed by atoms with Crippen molar-refractivity contribution in [2.45, 2.75) is 30.8 Å². The lowest BCUT2D eigenvalue weighted by molar-refractivity contribution is 0.00301. The summed E-state index contributed by atoms with van der Waals surface area (Å²) in [6.45, 7) is 1.46. The van der Waals surface area contributed by atoms with E-state index in [1.807, 2.05) is 41.2 Å². The van der Waals surface area contributed by atoms with Crippen molar-refractivity contribution in [2.75, 3.05) is 13.2 Å². The monoisotopic (exact) mass is 365 g/mol. The van der Waals surface area contributed by atoms with Gasteiger partial charge in [0.15, 0.2) is 11.5 Å². The minimum atomic E-state index is -0.212. The van der Waals surface area contributed by atoms with Crippen molar-refractivity contribution in [3.8, 4) is 11.3 Å². The van der Waals surface area contributed by atoms with Gasteiger partial charge in [-0.05, 0) is 12.8 Å². The highest BCUT2D eigenvalue weighted by atomic mass is 16.5. The zero-order chi connectivity index (χ0) is 18.2. The number of ether oxygens (including phenoxy) is 1. The Morgan fingerprint density at radius 2 is 2.00 bits per heavy atom.